The zero-order chi connectivity index (χ0) is 21.6. The topological polar surface area (TPSA) is 106 Å². The number of furan rings is 1. The first kappa shape index (κ1) is 21.8. The first-order chi connectivity index (χ1) is 14.3. The van der Waals surface area contributed by atoms with Gasteiger partial charge < -0.3 is 14.1 Å². The molecule has 30 heavy (non-hydrogen) atoms. The highest BCUT2D eigenvalue weighted by Crippen LogP contribution is 2.13. The third kappa shape index (κ3) is 5.78. The fourth-order valence-electron chi connectivity index (χ4n) is 2.48. The Hall–Kier alpha value is -2.95. The van der Waals surface area contributed by atoms with Crippen molar-refractivity contribution in [3.63, 3.8) is 0 Å². The predicted octanol–water partition coefficient (Wildman–Crippen LogP) is 2.64. The van der Waals surface area contributed by atoms with E-state index in [1.54, 1.807) is 19.2 Å². The number of rotatable bonds is 9. The van der Waals surface area contributed by atoms with E-state index in [0.29, 0.717) is 12.3 Å². The average Bonchev–Trinajstić information content (AvgIpc) is 3.44. The molecule has 0 aliphatic rings. The number of ether oxygens (including phenoxy) is 1. The summed E-state index contributed by atoms with van der Waals surface area (Å²) in [6, 6.07) is 12.4. The fraction of sp³-hybridized carbons (Fsp3) is 0.200. The number of hydrogen-bond acceptors (Lipinski definition) is 7. The van der Waals surface area contributed by atoms with Gasteiger partial charge in [-0.1, -0.05) is 6.07 Å². The molecule has 158 valence electrons. The summed E-state index contributed by atoms with van der Waals surface area (Å²) >= 11 is 1.53. The van der Waals surface area contributed by atoms with E-state index in [1.165, 1.54) is 46.8 Å². The third-order valence-corrected chi connectivity index (χ3v) is 6.42. The van der Waals surface area contributed by atoms with E-state index in [1.807, 2.05) is 17.5 Å². The summed E-state index contributed by atoms with van der Waals surface area (Å²) in [5.74, 6) is -0.564. The molecule has 0 radical (unpaired) electrons. The summed E-state index contributed by atoms with van der Waals surface area (Å²) < 4.78 is 37.2. The number of carbonyl (C=O) groups excluding carboxylic acids is 2. The fourth-order valence-corrected chi connectivity index (χ4v) is 4.23. The van der Waals surface area contributed by atoms with Crippen LogP contribution in [-0.2, 0) is 32.6 Å². The van der Waals surface area contributed by atoms with Gasteiger partial charge in [-0.3, -0.25) is 4.79 Å². The maximum absolute atomic E-state index is 12.3. The van der Waals surface area contributed by atoms with Gasteiger partial charge in [-0.2, -0.15) is 0 Å². The molecule has 8 nitrogen and oxygen atoms in total. The van der Waals surface area contributed by atoms with Crippen LogP contribution in [0.15, 0.2) is 69.5 Å². The van der Waals surface area contributed by atoms with E-state index in [2.05, 4.69) is 4.72 Å². The molecular formula is C20H20N2O6S2. The second-order valence-electron chi connectivity index (χ2n) is 6.33. The number of esters is 1. The van der Waals surface area contributed by atoms with Crippen LogP contribution in [0.25, 0.3) is 0 Å². The van der Waals surface area contributed by atoms with Crippen molar-refractivity contribution in [2.24, 2.45) is 0 Å². The lowest BCUT2D eigenvalue weighted by atomic mass is 10.2. The smallest absolute Gasteiger partial charge is 0.338 e. The van der Waals surface area contributed by atoms with Crippen LogP contribution in [0.4, 0.5) is 0 Å². The summed E-state index contributed by atoms with van der Waals surface area (Å²) in [6.07, 6.45) is 1.45. The molecule has 2 aromatic heterocycles. The largest absolute Gasteiger partial charge is 0.468 e. The molecule has 0 aliphatic heterocycles. The Bertz CT molecular complexity index is 1080. The molecule has 0 saturated carbocycles. The van der Waals surface area contributed by atoms with Crippen LogP contribution in [0.3, 0.4) is 0 Å². The van der Waals surface area contributed by atoms with Gasteiger partial charge in [0.1, 0.15) is 5.76 Å². The Labute approximate surface area is 178 Å². The minimum Gasteiger partial charge on any atom is -0.468 e. The normalized spacial score (nSPS) is 11.2. The zero-order valence-electron chi connectivity index (χ0n) is 16.1. The van der Waals surface area contributed by atoms with Crippen molar-refractivity contribution in [3.8, 4) is 0 Å². The highest BCUT2D eigenvalue weighted by atomic mass is 32.2. The number of hydrogen-bond donors (Lipinski definition) is 1. The number of thiophene rings is 1. The second-order valence-corrected chi connectivity index (χ2v) is 9.13. The van der Waals surface area contributed by atoms with Crippen LogP contribution in [0.1, 0.15) is 21.0 Å². The number of amides is 1. The second kappa shape index (κ2) is 9.70. The molecule has 10 heteroatoms. The Morgan fingerprint density at radius 1 is 1.13 bits per heavy atom. The van der Waals surface area contributed by atoms with E-state index >= 15 is 0 Å². The van der Waals surface area contributed by atoms with E-state index in [4.69, 9.17) is 9.15 Å². The molecule has 0 saturated heterocycles. The Balaban J connectivity index is 1.52. The molecule has 1 aromatic carbocycles. The maximum atomic E-state index is 12.3. The van der Waals surface area contributed by atoms with Gasteiger partial charge in [0.05, 0.1) is 29.8 Å². The monoisotopic (exact) mass is 448 g/mol. The first-order valence-corrected chi connectivity index (χ1v) is 11.3. The van der Waals surface area contributed by atoms with Gasteiger partial charge in [-0.15, -0.1) is 11.3 Å². The molecule has 0 atom stereocenters. The number of nitrogens with one attached hydrogen (secondary N) is 1. The third-order valence-electron chi connectivity index (χ3n) is 4.14. The SMILES string of the molecule is CN(Cc1cccs1)C(=O)COC(=O)c1ccc(S(=O)(=O)NCc2ccco2)cc1. The van der Waals surface area contributed by atoms with Crippen LogP contribution < -0.4 is 4.72 Å². The molecule has 2 heterocycles. The maximum Gasteiger partial charge on any atom is 0.338 e. The van der Waals surface area contributed by atoms with Crippen LogP contribution >= 0.6 is 11.3 Å². The number of nitrogens with zero attached hydrogens (tertiary/aromatic N) is 1. The molecule has 1 amide bonds. The van der Waals surface area contributed by atoms with Gasteiger partial charge in [-0.25, -0.2) is 17.9 Å². The van der Waals surface area contributed by atoms with Gasteiger partial charge in [-0.05, 0) is 47.8 Å². The summed E-state index contributed by atoms with van der Waals surface area (Å²) in [6.45, 7) is 0.0529. The molecule has 0 aliphatic carbocycles. The Morgan fingerprint density at radius 3 is 2.53 bits per heavy atom. The van der Waals surface area contributed by atoms with Gasteiger partial charge in [0.15, 0.2) is 6.61 Å². The van der Waals surface area contributed by atoms with Gasteiger partial charge >= 0.3 is 5.97 Å². The van der Waals surface area contributed by atoms with E-state index in [-0.39, 0.29) is 22.9 Å². The molecule has 0 unspecified atom stereocenters. The molecule has 0 bridgehead atoms. The lowest BCUT2D eigenvalue weighted by Crippen LogP contribution is -2.30. The minimum absolute atomic E-state index is 0.00244. The van der Waals surface area contributed by atoms with Crippen molar-refractivity contribution >= 4 is 33.2 Å². The lowest BCUT2D eigenvalue weighted by Gasteiger charge is -2.16. The molecule has 3 rings (SSSR count). The van der Waals surface area contributed by atoms with Crippen molar-refractivity contribution < 1.29 is 27.2 Å². The lowest BCUT2D eigenvalue weighted by molar-refractivity contribution is -0.133. The molecule has 0 fully saturated rings. The molecular weight excluding hydrogens is 428 g/mol. The highest BCUT2D eigenvalue weighted by molar-refractivity contribution is 7.89. The summed E-state index contributed by atoms with van der Waals surface area (Å²) in [5, 5.41) is 1.92. The van der Waals surface area contributed by atoms with Gasteiger partial charge in [0.2, 0.25) is 10.0 Å². The van der Waals surface area contributed by atoms with Crippen molar-refractivity contribution in [1.82, 2.24) is 9.62 Å². The summed E-state index contributed by atoms with van der Waals surface area (Å²) in [4.78, 5) is 26.8. The van der Waals surface area contributed by atoms with Crippen LogP contribution in [0.2, 0.25) is 0 Å². The predicted molar refractivity (Wildman–Crippen MR) is 110 cm³/mol. The molecule has 3 aromatic rings. The number of sulfonamides is 1. The van der Waals surface area contributed by atoms with E-state index in [9.17, 15) is 18.0 Å². The van der Waals surface area contributed by atoms with Crippen LogP contribution in [-0.4, -0.2) is 38.8 Å². The minimum atomic E-state index is -3.76. The number of likely N-dealkylation sites (N-methyl/N-ethyl adjacent to an activating group) is 1. The summed E-state index contributed by atoms with van der Waals surface area (Å²) in [7, 11) is -2.13. The number of carbonyl (C=O) groups is 2. The quantitative estimate of drug-likeness (QED) is 0.505. The van der Waals surface area contributed by atoms with Crippen molar-refractivity contribution in [2.45, 2.75) is 18.0 Å². The van der Waals surface area contributed by atoms with Gasteiger partial charge in [0, 0.05) is 11.9 Å². The van der Waals surface area contributed by atoms with Crippen molar-refractivity contribution in [2.75, 3.05) is 13.7 Å². The zero-order valence-corrected chi connectivity index (χ0v) is 17.7. The summed E-state index contributed by atoms with van der Waals surface area (Å²) in [5.41, 5.74) is 0.147. The van der Waals surface area contributed by atoms with E-state index in [0.717, 1.165) is 4.88 Å². The average molecular weight is 449 g/mol. The Kier molecular flexibility index (Phi) is 7.03. The standard InChI is InChI=1S/C20H20N2O6S2/c1-22(13-17-5-3-11-29-17)19(23)14-28-20(24)15-6-8-18(9-7-15)30(25,26)21-12-16-4-2-10-27-16/h2-11,21H,12-14H2,1H3. The van der Waals surface area contributed by atoms with Crippen LogP contribution in [0.5, 0.6) is 0 Å². The molecule has 0 spiro atoms. The van der Waals surface area contributed by atoms with Crippen molar-refractivity contribution in [3.05, 3.63) is 76.4 Å². The molecule has 1 N–H and O–H groups in total. The first-order valence-electron chi connectivity index (χ1n) is 8.91. The Morgan fingerprint density at radius 2 is 1.90 bits per heavy atom. The van der Waals surface area contributed by atoms with Crippen molar-refractivity contribution in [1.29, 1.82) is 0 Å². The van der Waals surface area contributed by atoms with Gasteiger partial charge in [0.25, 0.3) is 5.91 Å². The number of benzene rings is 1. The van der Waals surface area contributed by atoms with Crippen LogP contribution in [0, 0.1) is 0 Å². The van der Waals surface area contributed by atoms with E-state index < -0.39 is 22.6 Å². The highest BCUT2D eigenvalue weighted by Gasteiger charge is 2.17.